The summed E-state index contributed by atoms with van der Waals surface area (Å²) in [6.45, 7) is 0. The average molecular weight is 469 g/mol. The van der Waals surface area contributed by atoms with Gasteiger partial charge in [0.1, 0.15) is 11.2 Å². The van der Waals surface area contributed by atoms with E-state index in [0.29, 0.717) is 0 Å². The Labute approximate surface area is 212 Å². The topological polar surface area (TPSA) is 13.1 Å². The Bertz CT molecular complexity index is 2340. The minimum atomic E-state index is 0.933. The van der Waals surface area contributed by atoms with Crippen LogP contribution in [0.2, 0.25) is 0 Å². The van der Waals surface area contributed by atoms with Gasteiger partial charge < -0.3 is 4.42 Å². The summed E-state index contributed by atoms with van der Waals surface area (Å²) in [6, 6.07) is 44.1. The van der Waals surface area contributed by atoms with E-state index in [1.807, 2.05) is 0 Å². The van der Waals surface area contributed by atoms with Crippen LogP contribution in [0.1, 0.15) is 0 Å². The molecule has 0 spiro atoms. The van der Waals surface area contributed by atoms with Crippen molar-refractivity contribution < 1.29 is 4.42 Å². The van der Waals surface area contributed by atoms with E-state index in [0.717, 1.165) is 11.2 Å². The smallest absolute Gasteiger partial charge is 0.143 e. The highest BCUT2D eigenvalue weighted by molar-refractivity contribution is 6.29. The molecule has 8 aromatic carbocycles. The van der Waals surface area contributed by atoms with Crippen molar-refractivity contribution in [2.24, 2.45) is 0 Å². The summed E-state index contributed by atoms with van der Waals surface area (Å²) >= 11 is 0. The van der Waals surface area contributed by atoms with Gasteiger partial charge in [0.05, 0.1) is 0 Å². The Hall–Kier alpha value is -4.88. The lowest BCUT2D eigenvalue weighted by Crippen LogP contribution is -1.89. The molecule has 9 aromatic rings. The van der Waals surface area contributed by atoms with E-state index < -0.39 is 0 Å². The van der Waals surface area contributed by atoms with Crippen molar-refractivity contribution in [1.29, 1.82) is 0 Å². The molecule has 9 rings (SSSR count). The van der Waals surface area contributed by atoms with E-state index in [1.165, 1.54) is 75.8 Å². The Morgan fingerprint density at radius 2 is 1.03 bits per heavy atom. The zero-order chi connectivity index (χ0) is 24.1. The fraction of sp³-hybridized carbons (Fsp3) is 0. The van der Waals surface area contributed by atoms with Crippen LogP contribution in [0.4, 0.5) is 0 Å². The van der Waals surface area contributed by atoms with Crippen LogP contribution in [0, 0.1) is 0 Å². The highest BCUT2D eigenvalue weighted by Crippen LogP contribution is 2.46. The maximum absolute atomic E-state index is 6.74. The molecule has 0 unspecified atom stereocenters. The van der Waals surface area contributed by atoms with Crippen molar-refractivity contribution in [2.45, 2.75) is 0 Å². The highest BCUT2D eigenvalue weighted by atomic mass is 16.3. The van der Waals surface area contributed by atoms with E-state index in [-0.39, 0.29) is 0 Å². The molecule has 37 heavy (non-hydrogen) atoms. The standard InChI is InChI=1S/C36H20O/c1-3-10-26-21(6-1)16-19-31-34(26)30-20-25-7-2-4-11-27(25)35(36(30)37-31)29-18-15-24-13-12-22-8-5-9-23-14-17-28(29)33(24)32(22)23/h1-20H. The molecule has 1 heterocycles. The number of hydrogen-bond acceptors (Lipinski definition) is 1. The molecule has 0 fully saturated rings. The molecule has 170 valence electrons. The van der Waals surface area contributed by atoms with Crippen molar-refractivity contribution in [1.82, 2.24) is 0 Å². The Morgan fingerprint density at radius 3 is 1.89 bits per heavy atom. The third-order valence-electron chi connectivity index (χ3n) is 8.17. The van der Waals surface area contributed by atoms with Crippen molar-refractivity contribution in [3.05, 3.63) is 121 Å². The van der Waals surface area contributed by atoms with Gasteiger partial charge in [0.15, 0.2) is 0 Å². The van der Waals surface area contributed by atoms with Crippen LogP contribution in [-0.2, 0) is 0 Å². The van der Waals surface area contributed by atoms with Crippen LogP contribution in [0.25, 0.3) is 86.9 Å². The maximum atomic E-state index is 6.74. The lowest BCUT2D eigenvalue weighted by Gasteiger charge is -2.15. The van der Waals surface area contributed by atoms with Crippen molar-refractivity contribution in [3.63, 3.8) is 0 Å². The van der Waals surface area contributed by atoms with Gasteiger partial charge in [-0.15, -0.1) is 0 Å². The number of furan rings is 1. The monoisotopic (exact) mass is 468 g/mol. The largest absolute Gasteiger partial charge is 0.455 e. The third-order valence-corrected chi connectivity index (χ3v) is 8.17. The van der Waals surface area contributed by atoms with E-state index in [9.17, 15) is 0 Å². The second-order valence-corrected chi connectivity index (χ2v) is 10.1. The number of fused-ring (bicyclic) bond motifs is 6. The van der Waals surface area contributed by atoms with Crippen molar-refractivity contribution >= 4 is 75.8 Å². The van der Waals surface area contributed by atoms with Crippen molar-refractivity contribution in [3.8, 4) is 11.1 Å². The second kappa shape index (κ2) is 6.87. The quantitative estimate of drug-likeness (QED) is 0.218. The van der Waals surface area contributed by atoms with E-state index >= 15 is 0 Å². The molecule has 0 bridgehead atoms. The molecule has 0 aliphatic carbocycles. The molecule has 0 N–H and O–H groups in total. The van der Waals surface area contributed by atoms with E-state index in [2.05, 4.69) is 121 Å². The SMILES string of the molecule is c1ccc2c(-c3ccc4ccc5cccc6ccc3c4c56)c3oc4ccc5ccccc5c4c3cc2c1. The molecule has 0 atom stereocenters. The first-order valence-corrected chi connectivity index (χ1v) is 12.8. The second-order valence-electron chi connectivity index (χ2n) is 10.1. The molecule has 0 aliphatic rings. The molecule has 0 saturated heterocycles. The molecule has 0 radical (unpaired) electrons. The highest BCUT2D eigenvalue weighted by Gasteiger charge is 2.20. The van der Waals surface area contributed by atoms with Crippen LogP contribution in [0.5, 0.6) is 0 Å². The summed E-state index contributed by atoms with van der Waals surface area (Å²) in [6.07, 6.45) is 0. The summed E-state index contributed by atoms with van der Waals surface area (Å²) in [5, 5.41) is 15.0. The fourth-order valence-corrected chi connectivity index (χ4v) is 6.57. The normalized spacial score (nSPS) is 12.3. The van der Waals surface area contributed by atoms with Crippen molar-refractivity contribution in [2.75, 3.05) is 0 Å². The number of hydrogen-bond donors (Lipinski definition) is 0. The van der Waals surface area contributed by atoms with Gasteiger partial charge in [-0.3, -0.25) is 0 Å². The lowest BCUT2D eigenvalue weighted by atomic mass is 9.87. The summed E-state index contributed by atoms with van der Waals surface area (Å²) in [5.41, 5.74) is 4.28. The summed E-state index contributed by atoms with van der Waals surface area (Å²) < 4.78 is 6.74. The first-order chi connectivity index (χ1) is 18.3. The van der Waals surface area contributed by atoms with Crippen LogP contribution in [0.15, 0.2) is 126 Å². The summed E-state index contributed by atoms with van der Waals surface area (Å²) in [7, 11) is 0. The number of rotatable bonds is 1. The zero-order valence-corrected chi connectivity index (χ0v) is 20.0. The van der Waals surface area contributed by atoms with Crippen LogP contribution < -0.4 is 0 Å². The Morgan fingerprint density at radius 1 is 0.378 bits per heavy atom. The third kappa shape index (κ3) is 2.48. The molecule has 0 saturated carbocycles. The van der Waals surface area contributed by atoms with Gasteiger partial charge in [0, 0.05) is 16.3 Å². The number of benzene rings is 8. The summed E-state index contributed by atoms with van der Waals surface area (Å²) in [4.78, 5) is 0. The van der Waals surface area contributed by atoms with Gasteiger partial charge in [-0.2, -0.15) is 0 Å². The van der Waals surface area contributed by atoms with Gasteiger partial charge in [0.2, 0.25) is 0 Å². The first kappa shape index (κ1) is 19.3. The van der Waals surface area contributed by atoms with E-state index in [4.69, 9.17) is 4.42 Å². The van der Waals surface area contributed by atoms with Crippen LogP contribution in [0.3, 0.4) is 0 Å². The Kier molecular flexibility index (Phi) is 3.59. The first-order valence-electron chi connectivity index (χ1n) is 12.8. The predicted octanol–water partition coefficient (Wildman–Crippen LogP) is 10.5. The molecule has 1 heteroatoms. The predicted molar refractivity (Wildman–Crippen MR) is 158 cm³/mol. The van der Waals surface area contributed by atoms with Gasteiger partial charge in [-0.25, -0.2) is 0 Å². The van der Waals surface area contributed by atoms with Gasteiger partial charge in [-0.1, -0.05) is 109 Å². The summed E-state index contributed by atoms with van der Waals surface area (Å²) in [5.74, 6) is 0. The minimum absolute atomic E-state index is 0.933. The van der Waals surface area contributed by atoms with Gasteiger partial charge in [0.25, 0.3) is 0 Å². The fourth-order valence-electron chi connectivity index (χ4n) is 6.57. The molecular weight excluding hydrogens is 448 g/mol. The van der Waals surface area contributed by atoms with Gasteiger partial charge in [-0.05, 0) is 71.6 Å². The van der Waals surface area contributed by atoms with E-state index in [1.54, 1.807) is 0 Å². The Balaban J connectivity index is 1.52. The lowest BCUT2D eigenvalue weighted by molar-refractivity contribution is 0.671. The average Bonchev–Trinajstić information content (AvgIpc) is 3.33. The molecule has 0 aliphatic heterocycles. The van der Waals surface area contributed by atoms with Crippen LogP contribution in [-0.4, -0.2) is 0 Å². The zero-order valence-electron chi connectivity index (χ0n) is 20.0. The molecule has 1 aromatic heterocycles. The van der Waals surface area contributed by atoms with Gasteiger partial charge >= 0.3 is 0 Å². The molecule has 1 nitrogen and oxygen atoms in total. The maximum Gasteiger partial charge on any atom is 0.143 e. The van der Waals surface area contributed by atoms with Crippen LogP contribution >= 0.6 is 0 Å². The molecule has 0 amide bonds. The minimum Gasteiger partial charge on any atom is -0.455 e. The molecular formula is C36H20O.